The van der Waals surface area contributed by atoms with Crippen molar-refractivity contribution in [3.8, 4) is 11.5 Å². The van der Waals surface area contributed by atoms with Crippen molar-refractivity contribution >= 4 is 11.6 Å². The number of hydrogen-bond acceptors (Lipinski definition) is 3. The molecule has 0 bridgehead atoms. The lowest BCUT2D eigenvalue weighted by molar-refractivity contribution is 0.354. The van der Waals surface area contributed by atoms with E-state index in [4.69, 9.17) is 21.1 Å². The highest BCUT2D eigenvalue weighted by Gasteiger charge is 2.09. The molecule has 0 aliphatic carbocycles. The zero-order chi connectivity index (χ0) is 13.4. The minimum absolute atomic E-state index is 0.664. The van der Waals surface area contributed by atoms with Crippen LogP contribution in [0.1, 0.15) is 31.7 Å². The Morgan fingerprint density at radius 1 is 1.11 bits per heavy atom. The lowest BCUT2D eigenvalue weighted by atomic mass is 10.2. The largest absolute Gasteiger partial charge is 0.493 e. The molecular weight excluding hydrogens is 250 g/mol. The first-order chi connectivity index (χ1) is 8.72. The van der Waals surface area contributed by atoms with Gasteiger partial charge in [-0.2, -0.15) is 0 Å². The van der Waals surface area contributed by atoms with Crippen molar-refractivity contribution in [3.63, 3.8) is 0 Å². The average molecular weight is 272 g/mol. The Morgan fingerprint density at radius 2 is 1.78 bits per heavy atom. The van der Waals surface area contributed by atoms with Gasteiger partial charge in [0, 0.05) is 17.6 Å². The Hall–Kier alpha value is -0.930. The molecule has 1 rings (SSSR count). The van der Waals surface area contributed by atoms with Crippen molar-refractivity contribution in [2.75, 3.05) is 20.8 Å². The molecule has 0 saturated carbocycles. The van der Waals surface area contributed by atoms with E-state index in [-0.39, 0.29) is 0 Å². The zero-order valence-electron chi connectivity index (χ0n) is 11.4. The Bertz CT molecular complexity index is 369. The average Bonchev–Trinajstić information content (AvgIpc) is 2.39. The fraction of sp³-hybridized carbons (Fsp3) is 0.571. The number of nitrogens with one attached hydrogen (secondary N) is 1. The molecule has 0 spiro atoms. The lowest BCUT2D eigenvalue weighted by Crippen LogP contribution is -2.15. The van der Waals surface area contributed by atoms with E-state index in [0.29, 0.717) is 16.5 Å². The third-order valence-corrected chi connectivity index (χ3v) is 3.18. The normalized spacial score (nSPS) is 10.4. The molecule has 0 aliphatic rings. The molecule has 102 valence electrons. The molecule has 1 aromatic rings. The Kier molecular flexibility index (Phi) is 6.91. The minimum Gasteiger partial charge on any atom is -0.493 e. The molecule has 0 amide bonds. The zero-order valence-corrected chi connectivity index (χ0v) is 12.1. The molecule has 0 atom stereocenters. The van der Waals surface area contributed by atoms with Crippen molar-refractivity contribution in [3.05, 3.63) is 22.7 Å². The molecule has 1 N–H and O–H groups in total. The second-order valence-corrected chi connectivity index (χ2v) is 4.59. The van der Waals surface area contributed by atoms with Gasteiger partial charge in [-0.25, -0.2) is 0 Å². The van der Waals surface area contributed by atoms with Crippen molar-refractivity contribution < 1.29 is 9.47 Å². The van der Waals surface area contributed by atoms with Crippen LogP contribution in [0.2, 0.25) is 5.02 Å². The summed E-state index contributed by atoms with van der Waals surface area (Å²) in [5.74, 6) is 1.38. The summed E-state index contributed by atoms with van der Waals surface area (Å²) in [5, 5.41) is 4.09. The van der Waals surface area contributed by atoms with Crippen LogP contribution in [-0.2, 0) is 6.54 Å². The molecule has 1 aromatic carbocycles. The summed E-state index contributed by atoms with van der Waals surface area (Å²) >= 11 is 6.20. The van der Waals surface area contributed by atoms with Crippen LogP contribution in [-0.4, -0.2) is 20.8 Å². The predicted octanol–water partition coefficient (Wildman–Crippen LogP) is 3.64. The molecular formula is C14H22ClNO2. The second kappa shape index (κ2) is 8.22. The Balaban J connectivity index is 2.59. The molecule has 18 heavy (non-hydrogen) atoms. The van der Waals surface area contributed by atoms with E-state index in [1.165, 1.54) is 19.3 Å². The first-order valence-electron chi connectivity index (χ1n) is 6.34. The van der Waals surface area contributed by atoms with E-state index < -0.39 is 0 Å². The second-order valence-electron chi connectivity index (χ2n) is 4.18. The predicted molar refractivity (Wildman–Crippen MR) is 75.8 cm³/mol. The number of ether oxygens (including phenoxy) is 2. The summed E-state index contributed by atoms with van der Waals surface area (Å²) in [7, 11) is 3.24. The summed E-state index contributed by atoms with van der Waals surface area (Å²) in [5.41, 5.74) is 1.03. The van der Waals surface area contributed by atoms with Crippen LogP contribution in [0.25, 0.3) is 0 Å². The standard InChI is InChI=1S/C14H22ClNO2/c1-4-5-6-7-16-10-11-8-13(17-2)14(18-3)9-12(11)15/h8-9,16H,4-7,10H2,1-3H3. The van der Waals surface area contributed by atoms with Crippen molar-refractivity contribution in [1.29, 1.82) is 0 Å². The molecule has 0 aromatic heterocycles. The van der Waals surface area contributed by atoms with Gasteiger partial charge in [-0.05, 0) is 24.6 Å². The van der Waals surface area contributed by atoms with Gasteiger partial charge >= 0.3 is 0 Å². The number of methoxy groups -OCH3 is 2. The van der Waals surface area contributed by atoms with Crippen LogP contribution >= 0.6 is 11.6 Å². The van der Waals surface area contributed by atoms with Crippen LogP contribution in [0, 0.1) is 0 Å². The van der Waals surface area contributed by atoms with Crippen LogP contribution in [0.5, 0.6) is 11.5 Å². The van der Waals surface area contributed by atoms with E-state index in [2.05, 4.69) is 12.2 Å². The number of unbranched alkanes of at least 4 members (excludes halogenated alkanes) is 2. The number of benzene rings is 1. The highest BCUT2D eigenvalue weighted by molar-refractivity contribution is 6.31. The Morgan fingerprint density at radius 3 is 2.39 bits per heavy atom. The fourth-order valence-corrected chi connectivity index (χ4v) is 1.98. The fourth-order valence-electron chi connectivity index (χ4n) is 1.75. The quantitative estimate of drug-likeness (QED) is 0.733. The van der Waals surface area contributed by atoms with E-state index in [0.717, 1.165) is 18.7 Å². The number of hydrogen-bond donors (Lipinski definition) is 1. The van der Waals surface area contributed by atoms with Gasteiger partial charge in [-0.1, -0.05) is 31.4 Å². The SMILES string of the molecule is CCCCCNCc1cc(OC)c(OC)cc1Cl. The topological polar surface area (TPSA) is 30.5 Å². The third kappa shape index (κ3) is 4.39. The van der Waals surface area contributed by atoms with Gasteiger partial charge in [0.2, 0.25) is 0 Å². The maximum absolute atomic E-state index is 6.20. The molecule has 0 unspecified atom stereocenters. The van der Waals surface area contributed by atoms with Gasteiger partial charge in [0.15, 0.2) is 11.5 Å². The van der Waals surface area contributed by atoms with Gasteiger partial charge in [0.25, 0.3) is 0 Å². The van der Waals surface area contributed by atoms with E-state index >= 15 is 0 Å². The summed E-state index contributed by atoms with van der Waals surface area (Å²) in [6.45, 7) is 3.96. The molecule has 0 radical (unpaired) electrons. The van der Waals surface area contributed by atoms with Crippen LogP contribution in [0.3, 0.4) is 0 Å². The third-order valence-electron chi connectivity index (χ3n) is 2.83. The molecule has 0 saturated heterocycles. The van der Waals surface area contributed by atoms with Crippen LogP contribution in [0.15, 0.2) is 12.1 Å². The molecule has 0 heterocycles. The molecule has 3 nitrogen and oxygen atoms in total. The molecule has 4 heteroatoms. The van der Waals surface area contributed by atoms with Crippen LogP contribution < -0.4 is 14.8 Å². The maximum Gasteiger partial charge on any atom is 0.162 e. The summed E-state index contributed by atoms with van der Waals surface area (Å²) < 4.78 is 10.5. The summed E-state index contributed by atoms with van der Waals surface area (Å²) in [6.07, 6.45) is 3.69. The smallest absolute Gasteiger partial charge is 0.162 e. The summed E-state index contributed by atoms with van der Waals surface area (Å²) in [4.78, 5) is 0. The minimum atomic E-state index is 0.664. The monoisotopic (exact) mass is 271 g/mol. The number of rotatable bonds is 8. The summed E-state index contributed by atoms with van der Waals surface area (Å²) in [6, 6.07) is 3.72. The van der Waals surface area contributed by atoms with Crippen molar-refractivity contribution in [2.45, 2.75) is 32.7 Å². The lowest BCUT2D eigenvalue weighted by Gasteiger charge is -2.12. The molecule has 0 fully saturated rings. The number of halogens is 1. The first kappa shape index (κ1) is 15.1. The van der Waals surface area contributed by atoms with Crippen molar-refractivity contribution in [1.82, 2.24) is 5.32 Å². The van der Waals surface area contributed by atoms with Crippen LogP contribution in [0.4, 0.5) is 0 Å². The highest BCUT2D eigenvalue weighted by atomic mass is 35.5. The molecule has 0 aliphatic heterocycles. The Labute approximate surface area is 114 Å². The van der Waals surface area contributed by atoms with E-state index in [1.54, 1.807) is 20.3 Å². The van der Waals surface area contributed by atoms with Gasteiger partial charge in [0.05, 0.1) is 14.2 Å². The van der Waals surface area contributed by atoms with Gasteiger partial charge in [0.1, 0.15) is 0 Å². The van der Waals surface area contributed by atoms with Gasteiger partial charge in [-0.15, -0.1) is 0 Å². The van der Waals surface area contributed by atoms with Crippen molar-refractivity contribution in [2.24, 2.45) is 0 Å². The highest BCUT2D eigenvalue weighted by Crippen LogP contribution is 2.32. The first-order valence-corrected chi connectivity index (χ1v) is 6.71. The van der Waals surface area contributed by atoms with E-state index in [1.807, 2.05) is 6.07 Å². The van der Waals surface area contributed by atoms with Gasteiger partial charge < -0.3 is 14.8 Å². The van der Waals surface area contributed by atoms with Gasteiger partial charge in [-0.3, -0.25) is 0 Å². The van der Waals surface area contributed by atoms with E-state index in [9.17, 15) is 0 Å². The maximum atomic E-state index is 6.20.